The zero-order chi connectivity index (χ0) is 20.1. The fraction of sp³-hybridized carbons (Fsp3) is 0.619. The van der Waals surface area contributed by atoms with E-state index in [9.17, 15) is 14.0 Å². The van der Waals surface area contributed by atoms with Crippen molar-refractivity contribution in [3.05, 3.63) is 30.1 Å². The molecule has 1 aliphatic carbocycles. The maximum absolute atomic E-state index is 13.0. The molecule has 1 heterocycles. The normalized spacial score (nSPS) is 19.6. The highest BCUT2D eigenvalue weighted by atomic mass is 19.1. The number of piperazine rings is 1. The fourth-order valence-corrected chi connectivity index (χ4v) is 4.26. The Hall–Kier alpha value is -2.15. The number of halogens is 1. The van der Waals surface area contributed by atoms with Gasteiger partial charge in [0, 0.05) is 37.9 Å². The van der Waals surface area contributed by atoms with E-state index in [0.29, 0.717) is 37.8 Å². The lowest BCUT2D eigenvalue weighted by molar-refractivity contribution is -0.129. The Labute approximate surface area is 166 Å². The average molecular weight is 391 g/mol. The van der Waals surface area contributed by atoms with Gasteiger partial charge >= 0.3 is 6.03 Å². The van der Waals surface area contributed by atoms with Crippen molar-refractivity contribution < 1.29 is 14.0 Å². The van der Waals surface area contributed by atoms with Gasteiger partial charge in [-0.3, -0.25) is 9.69 Å². The van der Waals surface area contributed by atoms with Crippen LogP contribution in [0.1, 0.15) is 39.5 Å². The molecule has 2 aliphatic rings. The molecule has 2 fully saturated rings. The lowest BCUT2D eigenvalue weighted by Crippen LogP contribution is -2.59. The molecule has 6 nitrogen and oxygen atoms in total. The molecule has 0 bridgehead atoms. The van der Waals surface area contributed by atoms with Crippen LogP contribution in [0.2, 0.25) is 0 Å². The number of urea groups is 1. The molecule has 28 heavy (non-hydrogen) atoms. The Morgan fingerprint density at radius 2 is 1.64 bits per heavy atom. The van der Waals surface area contributed by atoms with Crippen LogP contribution in [0, 0.1) is 11.7 Å². The molecule has 1 aromatic rings. The second-order valence-electron chi connectivity index (χ2n) is 8.11. The molecule has 0 radical (unpaired) electrons. The summed E-state index contributed by atoms with van der Waals surface area (Å²) in [6.45, 7) is 6.49. The predicted molar refractivity (Wildman–Crippen MR) is 108 cm³/mol. The van der Waals surface area contributed by atoms with E-state index in [1.807, 2.05) is 13.8 Å². The summed E-state index contributed by atoms with van der Waals surface area (Å²) >= 11 is 0. The molecule has 154 valence electrons. The van der Waals surface area contributed by atoms with Crippen molar-refractivity contribution in [2.24, 2.45) is 5.92 Å². The maximum Gasteiger partial charge on any atom is 0.321 e. The van der Waals surface area contributed by atoms with Crippen LogP contribution in [0.4, 0.5) is 14.9 Å². The van der Waals surface area contributed by atoms with Crippen LogP contribution in [0.5, 0.6) is 0 Å². The van der Waals surface area contributed by atoms with Crippen molar-refractivity contribution >= 4 is 17.6 Å². The Kier molecular flexibility index (Phi) is 6.88. The first-order valence-corrected chi connectivity index (χ1v) is 10.3. The number of amides is 3. The standard InChI is InChI=1S/C21H31FN4O2/c1-15(2)23-20(27)19(16-5-3-4-6-16)25-11-13-26(14-12-25)21(28)24-18-9-7-17(22)8-10-18/h7-10,15-16,19H,3-6,11-14H2,1-2H3,(H,23,27)(H,24,28). The Morgan fingerprint density at radius 1 is 1.04 bits per heavy atom. The monoisotopic (exact) mass is 390 g/mol. The largest absolute Gasteiger partial charge is 0.353 e. The number of hydrogen-bond donors (Lipinski definition) is 2. The molecule has 1 aliphatic heterocycles. The molecule has 2 N–H and O–H groups in total. The minimum absolute atomic E-state index is 0.104. The van der Waals surface area contributed by atoms with E-state index in [1.54, 1.807) is 17.0 Å². The minimum atomic E-state index is -0.329. The average Bonchev–Trinajstić information content (AvgIpc) is 3.18. The molecule has 3 rings (SSSR count). The molecular weight excluding hydrogens is 359 g/mol. The van der Waals surface area contributed by atoms with Gasteiger partial charge in [-0.25, -0.2) is 9.18 Å². The first-order valence-electron chi connectivity index (χ1n) is 10.3. The van der Waals surface area contributed by atoms with Crippen LogP contribution in [0.15, 0.2) is 24.3 Å². The lowest BCUT2D eigenvalue weighted by atomic mass is 9.94. The Morgan fingerprint density at radius 3 is 2.21 bits per heavy atom. The third-order valence-corrected chi connectivity index (χ3v) is 5.64. The van der Waals surface area contributed by atoms with Gasteiger partial charge in [0.15, 0.2) is 0 Å². The van der Waals surface area contributed by atoms with Crippen LogP contribution in [0.25, 0.3) is 0 Å². The van der Waals surface area contributed by atoms with Gasteiger partial charge in [-0.1, -0.05) is 12.8 Å². The number of anilines is 1. The van der Waals surface area contributed by atoms with Gasteiger partial charge in [0.05, 0.1) is 6.04 Å². The Bertz CT molecular complexity index is 665. The summed E-state index contributed by atoms with van der Waals surface area (Å²) in [6, 6.07) is 5.59. The molecule has 1 unspecified atom stereocenters. The highest BCUT2D eigenvalue weighted by Gasteiger charge is 2.37. The topological polar surface area (TPSA) is 64.7 Å². The van der Waals surface area contributed by atoms with E-state index in [2.05, 4.69) is 15.5 Å². The van der Waals surface area contributed by atoms with Crippen molar-refractivity contribution in [3.63, 3.8) is 0 Å². The van der Waals surface area contributed by atoms with Crippen molar-refractivity contribution in [1.29, 1.82) is 0 Å². The van der Waals surface area contributed by atoms with E-state index in [0.717, 1.165) is 12.8 Å². The lowest BCUT2D eigenvalue weighted by Gasteiger charge is -2.41. The summed E-state index contributed by atoms with van der Waals surface area (Å²) in [5, 5.41) is 5.89. The van der Waals surface area contributed by atoms with Crippen molar-refractivity contribution in [2.45, 2.75) is 51.6 Å². The van der Waals surface area contributed by atoms with Crippen LogP contribution < -0.4 is 10.6 Å². The smallest absolute Gasteiger partial charge is 0.321 e. The third kappa shape index (κ3) is 5.22. The summed E-state index contributed by atoms with van der Waals surface area (Å²) in [4.78, 5) is 29.3. The molecule has 0 aromatic heterocycles. The number of carbonyl (C=O) groups excluding carboxylic acids is 2. The van der Waals surface area contributed by atoms with Crippen molar-refractivity contribution in [2.75, 3.05) is 31.5 Å². The SMILES string of the molecule is CC(C)NC(=O)C(C1CCCC1)N1CCN(C(=O)Nc2ccc(F)cc2)CC1. The van der Waals surface area contributed by atoms with Crippen molar-refractivity contribution in [3.8, 4) is 0 Å². The van der Waals surface area contributed by atoms with Gasteiger partial charge in [0.1, 0.15) is 5.82 Å². The fourth-order valence-electron chi connectivity index (χ4n) is 4.26. The van der Waals surface area contributed by atoms with Crippen LogP contribution in [-0.4, -0.2) is 60.0 Å². The minimum Gasteiger partial charge on any atom is -0.353 e. The number of nitrogens with one attached hydrogen (secondary N) is 2. The highest BCUT2D eigenvalue weighted by molar-refractivity contribution is 5.89. The van der Waals surface area contributed by atoms with Gasteiger partial charge in [0.25, 0.3) is 0 Å². The molecule has 1 saturated carbocycles. The summed E-state index contributed by atoms with van der Waals surface area (Å²) in [5.41, 5.74) is 0.578. The van der Waals surface area contributed by atoms with E-state index in [1.165, 1.54) is 25.0 Å². The van der Waals surface area contributed by atoms with Gasteiger partial charge < -0.3 is 15.5 Å². The zero-order valence-corrected chi connectivity index (χ0v) is 16.8. The van der Waals surface area contributed by atoms with Gasteiger partial charge in [-0.05, 0) is 56.9 Å². The summed E-state index contributed by atoms with van der Waals surface area (Å²) in [5.74, 6) is 0.189. The quantitative estimate of drug-likeness (QED) is 0.812. The van der Waals surface area contributed by atoms with Crippen LogP contribution >= 0.6 is 0 Å². The third-order valence-electron chi connectivity index (χ3n) is 5.64. The molecule has 1 atom stereocenters. The number of benzene rings is 1. The van der Waals surface area contributed by atoms with Crippen molar-refractivity contribution in [1.82, 2.24) is 15.1 Å². The number of rotatable bonds is 5. The molecule has 1 saturated heterocycles. The highest BCUT2D eigenvalue weighted by Crippen LogP contribution is 2.31. The molecule has 0 spiro atoms. The van der Waals surface area contributed by atoms with E-state index >= 15 is 0 Å². The number of hydrogen-bond acceptors (Lipinski definition) is 3. The van der Waals surface area contributed by atoms with Gasteiger partial charge in [-0.2, -0.15) is 0 Å². The second kappa shape index (κ2) is 9.37. The maximum atomic E-state index is 13.0. The van der Waals surface area contributed by atoms with Gasteiger partial charge in [0.2, 0.25) is 5.91 Å². The summed E-state index contributed by atoms with van der Waals surface area (Å²) in [7, 11) is 0. The first-order chi connectivity index (χ1) is 13.4. The van der Waals surface area contributed by atoms with E-state index in [-0.39, 0.29) is 29.8 Å². The van der Waals surface area contributed by atoms with E-state index < -0.39 is 0 Å². The van der Waals surface area contributed by atoms with E-state index in [4.69, 9.17) is 0 Å². The van der Waals surface area contributed by atoms with Crippen LogP contribution in [-0.2, 0) is 4.79 Å². The first kappa shape index (κ1) is 20.6. The number of carbonyl (C=O) groups is 2. The summed E-state index contributed by atoms with van der Waals surface area (Å²) in [6.07, 6.45) is 4.58. The molecular formula is C21H31FN4O2. The Balaban J connectivity index is 1.57. The van der Waals surface area contributed by atoms with Gasteiger partial charge in [-0.15, -0.1) is 0 Å². The number of nitrogens with zero attached hydrogens (tertiary/aromatic N) is 2. The summed E-state index contributed by atoms with van der Waals surface area (Å²) < 4.78 is 13.0. The second-order valence-corrected chi connectivity index (χ2v) is 8.11. The molecule has 7 heteroatoms. The van der Waals surface area contributed by atoms with Crippen LogP contribution in [0.3, 0.4) is 0 Å². The predicted octanol–water partition coefficient (Wildman–Crippen LogP) is 3.06. The molecule has 3 amide bonds. The molecule has 1 aromatic carbocycles. The zero-order valence-electron chi connectivity index (χ0n) is 16.8.